The van der Waals surface area contributed by atoms with E-state index in [4.69, 9.17) is 0 Å². The molecule has 0 saturated carbocycles. The molecule has 0 aromatic carbocycles. The summed E-state index contributed by atoms with van der Waals surface area (Å²) in [4.78, 5) is 2.31. The van der Waals surface area contributed by atoms with Crippen molar-refractivity contribution in [2.45, 2.75) is 39.3 Å². The van der Waals surface area contributed by atoms with E-state index < -0.39 is 0 Å². The third-order valence-electron chi connectivity index (χ3n) is 3.36. The van der Waals surface area contributed by atoms with E-state index in [9.17, 15) is 0 Å². The number of hydrogen-bond acceptors (Lipinski definition) is 3. The van der Waals surface area contributed by atoms with E-state index >= 15 is 0 Å². The third-order valence-corrected chi connectivity index (χ3v) is 3.36. The molecule has 0 saturated heterocycles. The lowest BCUT2D eigenvalue weighted by Crippen LogP contribution is -2.39. The Balaban J connectivity index is 2.46. The molecule has 1 aromatic rings. The number of hydrogen-bond donors (Lipinski definition) is 1. The summed E-state index contributed by atoms with van der Waals surface area (Å²) in [6.07, 6.45) is 5.23. The van der Waals surface area contributed by atoms with Crippen LogP contribution in [-0.2, 0) is 7.05 Å². The second-order valence-corrected chi connectivity index (χ2v) is 5.82. The van der Waals surface area contributed by atoms with Gasteiger partial charge in [0.2, 0.25) is 0 Å². The van der Waals surface area contributed by atoms with E-state index in [1.54, 1.807) is 0 Å². The van der Waals surface area contributed by atoms with Crippen LogP contribution in [0.3, 0.4) is 0 Å². The number of likely N-dealkylation sites (N-methyl/N-ethyl adjacent to an activating group) is 1. The van der Waals surface area contributed by atoms with Crippen molar-refractivity contribution < 1.29 is 0 Å². The van der Waals surface area contributed by atoms with Crippen LogP contribution in [0.15, 0.2) is 12.4 Å². The Morgan fingerprint density at radius 1 is 1.33 bits per heavy atom. The number of rotatable bonds is 7. The topological polar surface area (TPSA) is 33.1 Å². The Kier molecular flexibility index (Phi) is 5.82. The standard InChI is InChI=1S/C14H28N4/c1-11(2)7-14(17(4)5)9-15-12(3)13-8-16-18(6)10-13/h8,10-12,14-15H,7,9H2,1-6H3. The van der Waals surface area contributed by atoms with Gasteiger partial charge in [-0.1, -0.05) is 13.8 Å². The van der Waals surface area contributed by atoms with Crippen LogP contribution in [0.1, 0.15) is 38.8 Å². The average Bonchev–Trinajstić information content (AvgIpc) is 2.69. The fourth-order valence-corrected chi connectivity index (χ4v) is 2.12. The van der Waals surface area contributed by atoms with E-state index in [-0.39, 0.29) is 0 Å². The molecular formula is C14H28N4. The smallest absolute Gasteiger partial charge is 0.0537 e. The molecule has 2 atom stereocenters. The highest BCUT2D eigenvalue weighted by Crippen LogP contribution is 2.13. The van der Waals surface area contributed by atoms with Gasteiger partial charge in [-0.3, -0.25) is 4.68 Å². The first-order valence-corrected chi connectivity index (χ1v) is 6.78. The van der Waals surface area contributed by atoms with Gasteiger partial charge in [-0.15, -0.1) is 0 Å². The van der Waals surface area contributed by atoms with Crippen LogP contribution in [0.4, 0.5) is 0 Å². The first-order valence-electron chi connectivity index (χ1n) is 6.78. The molecule has 0 aliphatic carbocycles. The summed E-state index contributed by atoms with van der Waals surface area (Å²) in [6.45, 7) is 7.77. The Morgan fingerprint density at radius 2 is 2.00 bits per heavy atom. The van der Waals surface area contributed by atoms with Crippen LogP contribution < -0.4 is 5.32 Å². The number of aromatic nitrogens is 2. The van der Waals surface area contributed by atoms with Crippen molar-refractivity contribution in [2.75, 3.05) is 20.6 Å². The lowest BCUT2D eigenvalue weighted by Gasteiger charge is -2.27. The zero-order valence-electron chi connectivity index (χ0n) is 12.6. The highest BCUT2D eigenvalue weighted by molar-refractivity contribution is 5.08. The van der Waals surface area contributed by atoms with Gasteiger partial charge in [0.15, 0.2) is 0 Å². The molecule has 4 heteroatoms. The molecule has 1 heterocycles. The minimum absolute atomic E-state index is 0.355. The van der Waals surface area contributed by atoms with Gasteiger partial charge in [-0.25, -0.2) is 0 Å². The highest BCUT2D eigenvalue weighted by atomic mass is 15.2. The quantitative estimate of drug-likeness (QED) is 0.806. The number of nitrogens with one attached hydrogen (secondary N) is 1. The van der Waals surface area contributed by atoms with Crippen LogP contribution in [0.5, 0.6) is 0 Å². The molecule has 1 rings (SSSR count). The normalized spacial score (nSPS) is 15.3. The van der Waals surface area contributed by atoms with Crippen molar-refractivity contribution in [3.05, 3.63) is 18.0 Å². The van der Waals surface area contributed by atoms with Gasteiger partial charge < -0.3 is 10.2 Å². The van der Waals surface area contributed by atoms with Crippen LogP contribution in [-0.4, -0.2) is 41.4 Å². The average molecular weight is 252 g/mol. The maximum absolute atomic E-state index is 4.21. The monoisotopic (exact) mass is 252 g/mol. The largest absolute Gasteiger partial charge is 0.309 e. The Morgan fingerprint density at radius 3 is 2.44 bits per heavy atom. The zero-order chi connectivity index (χ0) is 13.7. The van der Waals surface area contributed by atoms with E-state index in [0.29, 0.717) is 12.1 Å². The molecular weight excluding hydrogens is 224 g/mol. The van der Waals surface area contributed by atoms with Crippen LogP contribution in [0.2, 0.25) is 0 Å². The van der Waals surface area contributed by atoms with Crippen LogP contribution in [0.25, 0.3) is 0 Å². The molecule has 0 spiro atoms. The summed E-state index contributed by atoms with van der Waals surface area (Å²) in [5.74, 6) is 0.730. The van der Waals surface area contributed by atoms with E-state index in [1.165, 1.54) is 12.0 Å². The minimum Gasteiger partial charge on any atom is -0.309 e. The molecule has 104 valence electrons. The Hall–Kier alpha value is -0.870. The van der Waals surface area contributed by atoms with E-state index in [0.717, 1.165) is 12.5 Å². The maximum Gasteiger partial charge on any atom is 0.0537 e. The van der Waals surface area contributed by atoms with Crippen molar-refractivity contribution in [1.82, 2.24) is 20.0 Å². The first-order chi connectivity index (χ1) is 8.40. The summed E-state index contributed by atoms with van der Waals surface area (Å²) in [5.41, 5.74) is 1.25. The molecule has 1 N–H and O–H groups in total. The predicted molar refractivity (Wildman–Crippen MR) is 76.6 cm³/mol. The lowest BCUT2D eigenvalue weighted by molar-refractivity contribution is 0.242. The summed E-state index contributed by atoms with van der Waals surface area (Å²) >= 11 is 0. The maximum atomic E-state index is 4.21. The van der Waals surface area contributed by atoms with Gasteiger partial charge in [0.05, 0.1) is 6.20 Å². The Bertz CT molecular complexity index is 343. The van der Waals surface area contributed by atoms with Gasteiger partial charge in [0, 0.05) is 37.4 Å². The van der Waals surface area contributed by atoms with Crippen molar-refractivity contribution in [2.24, 2.45) is 13.0 Å². The predicted octanol–water partition coefficient (Wildman–Crippen LogP) is 2.05. The lowest BCUT2D eigenvalue weighted by atomic mass is 10.0. The molecule has 0 bridgehead atoms. The van der Waals surface area contributed by atoms with Crippen LogP contribution >= 0.6 is 0 Å². The summed E-state index contributed by atoms with van der Waals surface area (Å²) in [6, 6.07) is 0.942. The summed E-state index contributed by atoms with van der Waals surface area (Å²) < 4.78 is 1.85. The van der Waals surface area contributed by atoms with Gasteiger partial charge in [0.25, 0.3) is 0 Å². The van der Waals surface area contributed by atoms with Gasteiger partial charge in [-0.2, -0.15) is 5.10 Å². The molecule has 1 aromatic heterocycles. The second kappa shape index (κ2) is 6.90. The molecule has 2 unspecified atom stereocenters. The molecule has 0 fully saturated rings. The van der Waals surface area contributed by atoms with E-state index in [2.05, 4.69) is 56.4 Å². The van der Waals surface area contributed by atoms with Gasteiger partial charge >= 0.3 is 0 Å². The zero-order valence-corrected chi connectivity index (χ0v) is 12.6. The highest BCUT2D eigenvalue weighted by Gasteiger charge is 2.15. The van der Waals surface area contributed by atoms with Crippen LogP contribution in [0, 0.1) is 5.92 Å². The summed E-state index contributed by atoms with van der Waals surface area (Å²) in [7, 11) is 6.27. The van der Waals surface area contributed by atoms with Crippen molar-refractivity contribution >= 4 is 0 Å². The molecule has 0 aliphatic rings. The SMILES string of the molecule is CC(C)CC(CNC(C)c1cnn(C)c1)N(C)C. The molecule has 0 amide bonds. The third kappa shape index (κ3) is 4.78. The van der Waals surface area contributed by atoms with E-state index in [1.807, 2.05) is 17.9 Å². The minimum atomic E-state index is 0.355. The van der Waals surface area contributed by atoms with Crippen molar-refractivity contribution in [3.63, 3.8) is 0 Å². The summed E-state index contributed by atoms with van der Waals surface area (Å²) in [5, 5.41) is 7.82. The fourth-order valence-electron chi connectivity index (χ4n) is 2.12. The van der Waals surface area contributed by atoms with Crippen molar-refractivity contribution in [1.29, 1.82) is 0 Å². The second-order valence-electron chi connectivity index (χ2n) is 5.82. The first kappa shape index (κ1) is 15.2. The Labute approximate surface area is 111 Å². The molecule has 0 aliphatic heterocycles. The molecule has 0 radical (unpaired) electrons. The fraction of sp³-hybridized carbons (Fsp3) is 0.786. The molecule has 18 heavy (non-hydrogen) atoms. The van der Waals surface area contributed by atoms with Gasteiger partial charge in [0.1, 0.15) is 0 Å². The van der Waals surface area contributed by atoms with Crippen molar-refractivity contribution in [3.8, 4) is 0 Å². The van der Waals surface area contributed by atoms with Gasteiger partial charge in [-0.05, 0) is 33.4 Å². The number of nitrogens with zero attached hydrogens (tertiary/aromatic N) is 3. The number of aryl methyl sites for hydroxylation is 1. The molecule has 4 nitrogen and oxygen atoms in total.